The van der Waals surface area contributed by atoms with Crippen LogP contribution in [-0.4, -0.2) is 11.4 Å². The third-order valence-corrected chi connectivity index (χ3v) is 3.43. The molecule has 3 heteroatoms. The van der Waals surface area contributed by atoms with Gasteiger partial charge in [-0.3, -0.25) is 0 Å². The van der Waals surface area contributed by atoms with Gasteiger partial charge in [-0.1, -0.05) is 29.8 Å². The number of hydrogen-bond acceptors (Lipinski definition) is 2. The van der Waals surface area contributed by atoms with Crippen molar-refractivity contribution in [2.45, 2.75) is 4.90 Å². The normalized spacial score (nSPS) is 10.4. The van der Waals surface area contributed by atoms with Crippen molar-refractivity contribution in [1.29, 1.82) is 0 Å². The minimum atomic E-state index is 0.119. The zero-order chi connectivity index (χ0) is 11.5. The van der Waals surface area contributed by atoms with Gasteiger partial charge in [0, 0.05) is 4.90 Å². The highest BCUT2D eigenvalue weighted by Gasteiger charge is 2.02. The maximum absolute atomic E-state index is 9.53. The molecule has 0 radical (unpaired) electrons. The molecule has 82 valence electrons. The zero-order valence-electron chi connectivity index (χ0n) is 8.77. The average molecular weight is 251 g/mol. The first kappa shape index (κ1) is 11.4. The Morgan fingerprint density at radius 3 is 2.19 bits per heavy atom. The molecule has 0 saturated heterocycles. The van der Waals surface area contributed by atoms with Gasteiger partial charge in [-0.25, -0.2) is 0 Å². The van der Waals surface area contributed by atoms with Crippen LogP contribution in [0.5, 0.6) is 5.75 Å². The van der Waals surface area contributed by atoms with Crippen LogP contribution in [0.3, 0.4) is 0 Å². The average Bonchev–Trinajstić information content (AvgIpc) is 2.33. The molecule has 2 aromatic rings. The Labute approximate surface area is 104 Å². The predicted molar refractivity (Wildman–Crippen MR) is 70.3 cm³/mol. The Bertz CT molecular complexity index is 494. The number of phenols is 1. The maximum atomic E-state index is 9.53. The van der Waals surface area contributed by atoms with E-state index in [4.69, 9.17) is 11.6 Å². The van der Waals surface area contributed by atoms with Gasteiger partial charge in [0.1, 0.15) is 5.75 Å². The van der Waals surface area contributed by atoms with Gasteiger partial charge in [-0.05, 0) is 41.6 Å². The zero-order valence-corrected chi connectivity index (χ0v) is 10.3. The van der Waals surface area contributed by atoms with E-state index < -0.39 is 0 Å². The molecule has 0 aliphatic carbocycles. The molecule has 0 aromatic heterocycles. The van der Waals surface area contributed by atoms with Crippen molar-refractivity contribution < 1.29 is 5.11 Å². The van der Waals surface area contributed by atoms with E-state index in [0.29, 0.717) is 5.02 Å². The summed E-state index contributed by atoms with van der Waals surface area (Å²) >= 11 is 7.47. The third kappa shape index (κ3) is 2.34. The summed E-state index contributed by atoms with van der Waals surface area (Å²) in [6.07, 6.45) is 2.04. The monoisotopic (exact) mass is 250 g/mol. The SMILES string of the molecule is CSc1ccc(-c2ccc(Cl)c(O)c2)cc1. The van der Waals surface area contributed by atoms with Crippen LogP contribution in [0.2, 0.25) is 5.02 Å². The van der Waals surface area contributed by atoms with Gasteiger partial charge >= 0.3 is 0 Å². The van der Waals surface area contributed by atoms with Crippen molar-refractivity contribution in [2.24, 2.45) is 0 Å². The van der Waals surface area contributed by atoms with E-state index in [1.54, 1.807) is 23.9 Å². The minimum absolute atomic E-state index is 0.119. The Balaban J connectivity index is 2.38. The van der Waals surface area contributed by atoms with Crippen molar-refractivity contribution in [2.75, 3.05) is 6.26 Å². The Morgan fingerprint density at radius 2 is 1.62 bits per heavy atom. The van der Waals surface area contributed by atoms with Crippen molar-refractivity contribution in [1.82, 2.24) is 0 Å². The molecule has 0 bridgehead atoms. The molecule has 0 amide bonds. The summed E-state index contributed by atoms with van der Waals surface area (Å²) in [7, 11) is 0. The summed E-state index contributed by atoms with van der Waals surface area (Å²) in [6.45, 7) is 0. The van der Waals surface area contributed by atoms with Gasteiger partial charge in [0.05, 0.1) is 5.02 Å². The van der Waals surface area contributed by atoms with Crippen molar-refractivity contribution in [3.05, 3.63) is 47.5 Å². The second kappa shape index (κ2) is 4.81. The lowest BCUT2D eigenvalue weighted by Crippen LogP contribution is -1.78. The van der Waals surface area contributed by atoms with Crippen LogP contribution < -0.4 is 0 Å². The molecule has 0 aliphatic rings. The molecule has 0 atom stereocenters. The van der Waals surface area contributed by atoms with E-state index in [1.807, 2.05) is 24.5 Å². The number of aromatic hydroxyl groups is 1. The summed E-state index contributed by atoms with van der Waals surface area (Å²) in [5, 5.41) is 9.91. The van der Waals surface area contributed by atoms with Crippen molar-refractivity contribution in [3.63, 3.8) is 0 Å². The van der Waals surface area contributed by atoms with Crippen LogP contribution in [0.25, 0.3) is 11.1 Å². The highest BCUT2D eigenvalue weighted by atomic mass is 35.5. The first-order valence-corrected chi connectivity index (χ1v) is 6.44. The molecule has 0 aliphatic heterocycles. The lowest BCUT2D eigenvalue weighted by Gasteiger charge is -2.04. The molecule has 0 unspecified atom stereocenters. The lowest BCUT2D eigenvalue weighted by molar-refractivity contribution is 0.476. The van der Waals surface area contributed by atoms with Gasteiger partial charge in [0.25, 0.3) is 0 Å². The third-order valence-electron chi connectivity index (χ3n) is 2.37. The van der Waals surface area contributed by atoms with E-state index in [9.17, 15) is 5.11 Å². The predicted octanol–water partition coefficient (Wildman–Crippen LogP) is 4.43. The molecule has 2 rings (SSSR count). The Hall–Kier alpha value is -1.12. The van der Waals surface area contributed by atoms with Gasteiger partial charge in [-0.2, -0.15) is 0 Å². The quantitative estimate of drug-likeness (QED) is 0.796. The number of hydrogen-bond donors (Lipinski definition) is 1. The van der Waals surface area contributed by atoms with E-state index >= 15 is 0 Å². The summed E-state index contributed by atoms with van der Waals surface area (Å²) in [6, 6.07) is 13.5. The molecule has 16 heavy (non-hydrogen) atoms. The topological polar surface area (TPSA) is 20.2 Å². The van der Waals surface area contributed by atoms with Crippen LogP contribution in [0, 0.1) is 0 Å². The molecule has 0 spiro atoms. The number of thioether (sulfide) groups is 1. The van der Waals surface area contributed by atoms with Crippen LogP contribution >= 0.6 is 23.4 Å². The first-order chi connectivity index (χ1) is 7.70. The van der Waals surface area contributed by atoms with Crippen LogP contribution in [0.15, 0.2) is 47.4 Å². The molecule has 2 aromatic carbocycles. The van der Waals surface area contributed by atoms with Gasteiger partial charge in [-0.15, -0.1) is 11.8 Å². The summed E-state index contributed by atoms with van der Waals surface area (Å²) in [4.78, 5) is 1.22. The number of rotatable bonds is 2. The smallest absolute Gasteiger partial charge is 0.134 e. The highest BCUT2D eigenvalue weighted by molar-refractivity contribution is 7.98. The fourth-order valence-corrected chi connectivity index (χ4v) is 2.00. The Kier molecular flexibility index (Phi) is 3.42. The fraction of sp³-hybridized carbons (Fsp3) is 0.0769. The van der Waals surface area contributed by atoms with Crippen molar-refractivity contribution in [3.8, 4) is 16.9 Å². The van der Waals surface area contributed by atoms with Crippen LogP contribution in [0.4, 0.5) is 0 Å². The van der Waals surface area contributed by atoms with Gasteiger partial charge < -0.3 is 5.11 Å². The molecule has 0 saturated carbocycles. The van der Waals surface area contributed by atoms with E-state index in [-0.39, 0.29) is 5.75 Å². The summed E-state index contributed by atoms with van der Waals surface area (Å²) in [5.74, 6) is 0.119. The molecule has 0 heterocycles. The first-order valence-electron chi connectivity index (χ1n) is 4.83. The standard InChI is InChI=1S/C13H11ClOS/c1-16-11-5-2-9(3-6-11)10-4-7-12(14)13(15)8-10/h2-8,15H,1H3. The fourth-order valence-electron chi connectivity index (χ4n) is 1.48. The Morgan fingerprint density at radius 1 is 1.00 bits per heavy atom. The van der Waals surface area contributed by atoms with Crippen LogP contribution in [0.1, 0.15) is 0 Å². The van der Waals surface area contributed by atoms with Crippen molar-refractivity contribution >= 4 is 23.4 Å². The second-order valence-corrected chi connectivity index (χ2v) is 4.68. The molecular weight excluding hydrogens is 240 g/mol. The minimum Gasteiger partial charge on any atom is -0.506 e. The number of halogens is 1. The number of phenolic OH excluding ortho intramolecular Hbond substituents is 1. The van der Waals surface area contributed by atoms with Gasteiger partial charge in [0.2, 0.25) is 0 Å². The van der Waals surface area contributed by atoms with E-state index in [2.05, 4.69) is 12.1 Å². The number of benzene rings is 2. The summed E-state index contributed by atoms with van der Waals surface area (Å²) in [5.41, 5.74) is 2.04. The van der Waals surface area contributed by atoms with Gasteiger partial charge in [0.15, 0.2) is 0 Å². The molecule has 1 nitrogen and oxygen atoms in total. The maximum Gasteiger partial charge on any atom is 0.134 e. The summed E-state index contributed by atoms with van der Waals surface area (Å²) < 4.78 is 0. The lowest BCUT2D eigenvalue weighted by atomic mass is 10.1. The van der Waals surface area contributed by atoms with E-state index in [0.717, 1.165) is 11.1 Å². The molecular formula is C13H11ClOS. The molecule has 1 N–H and O–H groups in total. The van der Waals surface area contributed by atoms with Crippen LogP contribution in [-0.2, 0) is 0 Å². The largest absolute Gasteiger partial charge is 0.506 e. The second-order valence-electron chi connectivity index (χ2n) is 3.39. The highest BCUT2D eigenvalue weighted by Crippen LogP contribution is 2.30. The molecule has 0 fully saturated rings. The van der Waals surface area contributed by atoms with E-state index in [1.165, 1.54) is 4.90 Å².